The van der Waals surface area contributed by atoms with Gasteiger partial charge in [0.15, 0.2) is 11.6 Å². The number of methoxy groups -OCH3 is 2. The zero-order valence-corrected chi connectivity index (χ0v) is 10.8. The van der Waals surface area contributed by atoms with Gasteiger partial charge in [-0.1, -0.05) is 16.7 Å². The third kappa shape index (κ3) is 3.37. The molecule has 0 saturated carbocycles. The van der Waals surface area contributed by atoms with E-state index in [1.807, 2.05) is 0 Å². The van der Waals surface area contributed by atoms with Gasteiger partial charge in [0.05, 0.1) is 19.2 Å². The Morgan fingerprint density at radius 2 is 2.21 bits per heavy atom. The van der Waals surface area contributed by atoms with Gasteiger partial charge in [-0.2, -0.15) is 0 Å². The Bertz CT molecular complexity index is 583. The molecule has 0 saturated heterocycles. The average Bonchev–Trinajstić information content (AvgIpc) is 2.41. The maximum absolute atomic E-state index is 13.7. The molecule has 0 aliphatic rings. The Morgan fingerprint density at radius 1 is 1.53 bits per heavy atom. The zero-order valence-electron chi connectivity index (χ0n) is 10.1. The summed E-state index contributed by atoms with van der Waals surface area (Å²) < 4.78 is 23.0. The van der Waals surface area contributed by atoms with Gasteiger partial charge in [-0.25, -0.2) is 9.18 Å². The number of azide groups is 1. The first-order valence-corrected chi connectivity index (χ1v) is 5.30. The smallest absolute Gasteiger partial charge is 0.340 e. The summed E-state index contributed by atoms with van der Waals surface area (Å²) in [6, 6.07) is 2.70. The van der Waals surface area contributed by atoms with Gasteiger partial charge in [0, 0.05) is 10.5 Å². The number of benzene rings is 1. The molecule has 0 heterocycles. The number of hydrogen-bond donors (Lipinski definition) is 0. The van der Waals surface area contributed by atoms with Gasteiger partial charge in [0.1, 0.15) is 5.70 Å². The van der Waals surface area contributed by atoms with Crippen molar-refractivity contribution in [2.45, 2.75) is 0 Å². The number of nitrogens with zero attached hydrogens (tertiary/aromatic N) is 3. The first-order chi connectivity index (χ1) is 9.04. The Labute approximate surface area is 113 Å². The highest BCUT2D eigenvalue weighted by Gasteiger charge is 2.14. The zero-order chi connectivity index (χ0) is 14.4. The number of halogens is 2. The van der Waals surface area contributed by atoms with Crippen molar-refractivity contribution < 1.29 is 18.7 Å². The topological polar surface area (TPSA) is 84.3 Å². The second kappa shape index (κ2) is 6.63. The Kier molecular flexibility index (Phi) is 5.17. The summed E-state index contributed by atoms with van der Waals surface area (Å²) in [6.07, 6.45) is 1.14. The van der Waals surface area contributed by atoms with Crippen molar-refractivity contribution >= 4 is 23.6 Å². The quantitative estimate of drug-likeness (QED) is 0.280. The van der Waals surface area contributed by atoms with Crippen molar-refractivity contribution in [2.24, 2.45) is 5.11 Å². The standard InChI is InChI=1S/C11H9ClFN3O3/c1-18-10-6(3-4-7(12)9(10)13)5-8(15-16-14)11(17)19-2/h3-5H,1-2H3/b8-5-. The van der Waals surface area contributed by atoms with Gasteiger partial charge in [-0.15, -0.1) is 0 Å². The molecule has 0 unspecified atom stereocenters. The lowest BCUT2D eigenvalue weighted by Gasteiger charge is -2.08. The van der Waals surface area contributed by atoms with Gasteiger partial charge in [-0.05, 0) is 23.7 Å². The maximum atomic E-state index is 13.7. The van der Waals surface area contributed by atoms with Crippen LogP contribution in [-0.2, 0) is 9.53 Å². The molecule has 0 fully saturated rings. The molecule has 0 radical (unpaired) electrons. The number of rotatable bonds is 4. The van der Waals surface area contributed by atoms with Crippen LogP contribution in [0.5, 0.6) is 5.75 Å². The van der Waals surface area contributed by atoms with Crippen molar-refractivity contribution in [3.8, 4) is 5.75 Å². The number of esters is 1. The predicted molar refractivity (Wildman–Crippen MR) is 67.1 cm³/mol. The fourth-order valence-electron chi connectivity index (χ4n) is 1.30. The van der Waals surface area contributed by atoms with E-state index in [2.05, 4.69) is 14.8 Å². The van der Waals surface area contributed by atoms with Crippen molar-refractivity contribution in [2.75, 3.05) is 14.2 Å². The second-order valence-electron chi connectivity index (χ2n) is 3.19. The SMILES string of the molecule is COC(=O)/C(=C/c1ccc(Cl)c(F)c1OC)N=[N+]=[N-]. The molecule has 0 atom stereocenters. The molecule has 0 amide bonds. The molecule has 0 aromatic heterocycles. The third-order valence-electron chi connectivity index (χ3n) is 2.12. The van der Waals surface area contributed by atoms with E-state index >= 15 is 0 Å². The fourth-order valence-corrected chi connectivity index (χ4v) is 1.45. The normalized spacial score (nSPS) is 10.6. The van der Waals surface area contributed by atoms with E-state index < -0.39 is 11.8 Å². The van der Waals surface area contributed by atoms with Crippen molar-refractivity contribution in [1.82, 2.24) is 0 Å². The molecule has 0 spiro atoms. The van der Waals surface area contributed by atoms with E-state index in [1.165, 1.54) is 19.2 Å². The molecule has 1 aromatic carbocycles. The lowest BCUT2D eigenvalue weighted by molar-refractivity contribution is -0.136. The highest BCUT2D eigenvalue weighted by molar-refractivity contribution is 6.31. The van der Waals surface area contributed by atoms with E-state index in [-0.39, 0.29) is 22.0 Å². The van der Waals surface area contributed by atoms with Crippen molar-refractivity contribution in [3.63, 3.8) is 0 Å². The number of hydrogen-bond acceptors (Lipinski definition) is 4. The van der Waals surface area contributed by atoms with Crippen molar-refractivity contribution in [3.05, 3.63) is 44.7 Å². The van der Waals surface area contributed by atoms with Crippen LogP contribution in [0.25, 0.3) is 16.5 Å². The Hall–Kier alpha value is -2.24. The minimum atomic E-state index is -0.852. The molecule has 0 bridgehead atoms. The summed E-state index contributed by atoms with van der Waals surface area (Å²) in [5.74, 6) is -1.79. The van der Waals surface area contributed by atoms with E-state index in [9.17, 15) is 9.18 Å². The molecule has 0 N–H and O–H groups in total. The molecule has 100 valence electrons. The first-order valence-electron chi connectivity index (χ1n) is 4.92. The highest BCUT2D eigenvalue weighted by Crippen LogP contribution is 2.30. The van der Waals surface area contributed by atoms with Crippen LogP contribution < -0.4 is 4.74 Å². The lowest BCUT2D eigenvalue weighted by Crippen LogP contribution is -2.02. The second-order valence-corrected chi connectivity index (χ2v) is 3.60. The highest BCUT2D eigenvalue weighted by atomic mass is 35.5. The third-order valence-corrected chi connectivity index (χ3v) is 2.42. The van der Waals surface area contributed by atoms with E-state index in [0.29, 0.717) is 0 Å². The summed E-state index contributed by atoms with van der Waals surface area (Å²) in [5.41, 5.74) is 8.23. The summed E-state index contributed by atoms with van der Waals surface area (Å²) in [4.78, 5) is 13.8. The van der Waals surface area contributed by atoms with Gasteiger partial charge in [0.25, 0.3) is 0 Å². The summed E-state index contributed by atoms with van der Waals surface area (Å²) in [6.45, 7) is 0. The minimum absolute atomic E-state index is 0.127. The molecular weight excluding hydrogens is 277 g/mol. The van der Waals surface area contributed by atoms with Crippen LogP contribution in [0.4, 0.5) is 4.39 Å². The summed E-state index contributed by atoms with van der Waals surface area (Å²) in [5, 5.41) is 3.05. The molecular formula is C11H9ClFN3O3. The predicted octanol–water partition coefficient (Wildman–Crippen LogP) is 3.31. The first kappa shape index (κ1) is 14.8. The van der Waals surface area contributed by atoms with Crippen LogP contribution in [0, 0.1) is 5.82 Å². The number of ether oxygens (including phenoxy) is 2. The minimum Gasteiger partial charge on any atom is -0.493 e. The fraction of sp³-hybridized carbons (Fsp3) is 0.182. The Morgan fingerprint density at radius 3 is 2.74 bits per heavy atom. The largest absolute Gasteiger partial charge is 0.493 e. The summed E-state index contributed by atoms with van der Waals surface area (Å²) in [7, 11) is 2.38. The van der Waals surface area contributed by atoms with Gasteiger partial charge >= 0.3 is 5.97 Å². The molecule has 1 rings (SSSR count). The van der Waals surface area contributed by atoms with Gasteiger partial charge in [-0.3, -0.25) is 0 Å². The van der Waals surface area contributed by atoms with Crippen LogP contribution in [-0.4, -0.2) is 20.2 Å². The van der Waals surface area contributed by atoms with Gasteiger partial charge in [0.2, 0.25) is 0 Å². The van der Waals surface area contributed by atoms with Crippen LogP contribution in [0.2, 0.25) is 5.02 Å². The monoisotopic (exact) mass is 285 g/mol. The molecule has 8 heteroatoms. The van der Waals surface area contributed by atoms with Crippen LogP contribution in [0.3, 0.4) is 0 Å². The van der Waals surface area contributed by atoms with Crippen molar-refractivity contribution in [1.29, 1.82) is 0 Å². The molecule has 6 nitrogen and oxygen atoms in total. The molecule has 1 aromatic rings. The van der Waals surface area contributed by atoms with Crippen LogP contribution in [0.15, 0.2) is 22.9 Å². The molecule has 0 aliphatic carbocycles. The average molecular weight is 286 g/mol. The summed E-state index contributed by atoms with van der Waals surface area (Å²) >= 11 is 5.60. The van der Waals surface area contributed by atoms with E-state index in [0.717, 1.165) is 13.2 Å². The van der Waals surface area contributed by atoms with Gasteiger partial charge < -0.3 is 9.47 Å². The maximum Gasteiger partial charge on any atom is 0.340 e. The van der Waals surface area contributed by atoms with E-state index in [1.54, 1.807) is 0 Å². The Balaban J connectivity index is 3.40. The molecule has 19 heavy (non-hydrogen) atoms. The van der Waals surface area contributed by atoms with Crippen LogP contribution in [0.1, 0.15) is 5.56 Å². The number of carbonyl (C=O) groups is 1. The number of carbonyl (C=O) groups excluding carboxylic acids is 1. The van der Waals surface area contributed by atoms with E-state index in [4.69, 9.17) is 21.9 Å². The molecule has 0 aliphatic heterocycles. The lowest BCUT2D eigenvalue weighted by atomic mass is 10.1. The van der Waals surface area contributed by atoms with Crippen LogP contribution >= 0.6 is 11.6 Å².